The van der Waals surface area contributed by atoms with E-state index in [4.69, 9.17) is 0 Å². The van der Waals surface area contributed by atoms with Crippen molar-refractivity contribution in [2.45, 2.75) is 25.7 Å². The molecule has 116 valence electrons. The monoisotopic (exact) mass is 317 g/mol. The Morgan fingerprint density at radius 1 is 1.45 bits per heavy atom. The Bertz CT molecular complexity index is 830. The van der Waals surface area contributed by atoms with Crippen LogP contribution in [-0.2, 0) is 4.79 Å². The number of aromatic nitrogens is 4. The second-order valence-electron chi connectivity index (χ2n) is 5.53. The Morgan fingerprint density at radius 3 is 3.23 bits per heavy atom. The van der Waals surface area contributed by atoms with Gasteiger partial charge in [-0.05, 0) is 18.4 Å². The molecule has 4 rings (SSSR count). The van der Waals surface area contributed by atoms with Crippen LogP contribution in [0.4, 0.5) is 5.13 Å². The molecule has 3 aromatic heterocycles. The van der Waals surface area contributed by atoms with Crippen molar-refractivity contribution in [3.05, 3.63) is 24.0 Å². The van der Waals surface area contributed by atoms with E-state index < -0.39 is 0 Å². The van der Waals surface area contributed by atoms with E-state index in [1.165, 1.54) is 30.5 Å². The van der Waals surface area contributed by atoms with E-state index in [0.29, 0.717) is 11.6 Å². The van der Waals surface area contributed by atoms with Gasteiger partial charge >= 0.3 is 0 Å². The van der Waals surface area contributed by atoms with E-state index in [2.05, 4.69) is 25.3 Å². The van der Waals surface area contributed by atoms with Crippen LogP contribution in [0.5, 0.6) is 0 Å². The van der Waals surface area contributed by atoms with Gasteiger partial charge in [0.1, 0.15) is 23.4 Å². The van der Waals surface area contributed by atoms with Crippen molar-refractivity contribution >= 4 is 33.4 Å². The van der Waals surface area contributed by atoms with Crippen molar-refractivity contribution in [2.75, 3.05) is 5.32 Å². The average Bonchev–Trinajstić information content (AvgIpc) is 3.03. The second-order valence-corrected chi connectivity index (χ2v) is 6.39. The maximum absolute atomic E-state index is 11.9. The lowest BCUT2D eigenvalue weighted by Gasteiger charge is -2.00. The largest absolute Gasteiger partial charge is 0.346 e. The van der Waals surface area contributed by atoms with Gasteiger partial charge in [-0.25, -0.2) is 15.0 Å². The number of thiazole rings is 1. The minimum absolute atomic E-state index is 0. The van der Waals surface area contributed by atoms with Crippen LogP contribution in [0.2, 0.25) is 0 Å². The van der Waals surface area contributed by atoms with Gasteiger partial charge in [0.25, 0.3) is 0 Å². The highest BCUT2D eigenvalue weighted by Gasteiger charge is 2.22. The highest BCUT2D eigenvalue weighted by Crippen LogP contribution is 2.33. The van der Waals surface area contributed by atoms with Crippen molar-refractivity contribution in [2.24, 2.45) is 5.92 Å². The molecule has 1 aliphatic rings. The normalized spacial score (nSPS) is 14.4. The predicted molar refractivity (Wildman–Crippen MR) is 89.8 cm³/mol. The van der Waals surface area contributed by atoms with E-state index in [9.17, 15) is 4.79 Å². The fourth-order valence-electron chi connectivity index (χ4n) is 2.44. The molecule has 3 heterocycles. The molecule has 0 saturated heterocycles. The lowest BCUT2D eigenvalue weighted by atomic mass is 10.2. The predicted octanol–water partition coefficient (Wildman–Crippen LogP) is 3.70. The molecule has 0 aromatic carbocycles. The van der Waals surface area contributed by atoms with Crippen LogP contribution >= 0.6 is 11.3 Å². The third kappa shape index (κ3) is 2.71. The van der Waals surface area contributed by atoms with Crippen LogP contribution in [0.1, 0.15) is 28.5 Å². The van der Waals surface area contributed by atoms with Crippen LogP contribution in [0.15, 0.2) is 24.0 Å². The van der Waals surface area contributed by atoms with E-state index >= 15 is 0 Å². The van der Waals surface area contributed by atoms with E-state index in [-0.39, 0.29) is 8.76 Å². The fraction of sp³-hybridized carbons (Fsp3) is 0.333. The van der Waals surface area contributed by atoms with Gasteiger partial charge in [-0.1, -0.05) is 12.8 Å². The van der Waals surface area contributed by atoms with E-state index in [0.717, 1.165) is 34.8 Å². The van der Waals surface area contributed by atoms with Crippen molar-refractivity contribution in [3.63, 3.8) is 0 Å². The number of anilines is 1. The minimum Gasteiger partial charge on any atom is -0.346 e. The minimum atomic E-state index is 0. The molecule has 1 aliphatic carbocycles. The van der Waals surface area contributed by atoms with Gasteiger partial charge in [-0.3, -0.25) is 4.79 Å². The van der Waals surface area contributed by atoms with Crippen molar-refractivity contribution in [1.82, 2.24) is 19.9 Å². The number of nitrogens with one attached hydrogen (secondary N) is 2. The third-order valence-corrected chi connectivity index (χ3v) is 4.58. The summed E-state index contributed by atoms with van der Waals surface area (Å²) in [6, 6.07) is 1.93. The van der Waals surface area contributed by atoms with Gasteiger partial charge in [-0.2, -0.15) is 0 Å². The number of carbonyl (C=O) groups is 1. The molecule has 0 radical (unpaired) electrons. The summed E-state index contributed by atoms with van der Waals surface area (Å²) >= 11 is 1.42. The Kier molecular flexibility index (Phi) is 3.34. The summed E-state index contributed by atoms with van der Waals surface area (Å²) in [7, 11) is 0. The lowest BCUT2D eigenvalue weighted by Crippen LogP contribution is -2.11. The zero-order valence-electron chi connectivity index (χ0n) is 11.9. The molecule has 1 saturated carbocycles. The standard InChI is InChI=1S/C15H15N5OS.2H2/c21-12(4-3-9-1-2-9)20-15-19-11(7-22-15)13-10-5-6-16-14(10)18-8-17-13;;/h5-9H,1-4H2,(H,16,17,18)(H,19,20,21);2*1H. The van der Waals surface area contributed by atoms with Crippen LogP contribution in [0, 0.1) is 5.92 Å². The molecular formula is C15H19N5OS. The number of nitrogens with zero attached hydrogens (tertiary/aromatic N) is 3. The van der Waals surface area contributed by atoms with Gasteiger partial charge in [-0.15, -0.1) is 11.3 Å². The summed E-state index contributed by atoms with van der Waals surface area (Å²) in [5.41, 5.74) is 2.32. The third-order valence-electron chi connectivity index (χ3n) is 3.82. The molecule has 3 aromatic rings. The molecular weight excluding hydrogens is 298 g/mol. The quantitative estimate of drug-likeness (QED) is 0.751. The number of amides is 1. The van der Waals surface area contributed by atoms with Crippen LogP contribution in [0.3, 0.4) is 0 Å². The number of H-pyrrole nitrogens is 1. The van der Waals surface area contributed by atoms with Crippen molar-refractivity contribution in [3.8, 4) is 11.4 Å². The first kappa shape index (κ1) is 13.4. The maximum Gasteiger partial charge on any atom is 0.226 e. The average molecular weight is 317 g/mol. The van der Waals surface area contributed by atoms with Gasteiger partial charge < -0.3 is 10.3 Å². The summed E-state index contributed by atoms with van der Waals surface area (Å²) in [6.07, 6.45) is 7.45. The second kappa shape index (κ2) is 5.49. The molecule has 1 amide bonds. The van der Waals surface area contributed by atoms with Crippen LogP contribution in [0.25, 0.3) is 22.4 Å². The lowest BCUT2D eigenvalue weighted by molar-refractivity contribution is -0.116. The molecule has 0 aliphatic heterocycles. The Labute approximate surface area is 134 Å². The zero-order chi connectivity index (χ0) is 14.9. The number of hydrogen-bond donors (Lipinski definition) is 2. The fourth-order valence-corrected chi connectivity index (χ4v) is 3.15. The molecule has 0 atom stereocenters. The highest BCUT2D eigenvalue weighted by atomic mass is 32.1. The molecule has 1 fully saturated rings. The van der Waals surface area contributed by atoms with Gasteiger partial charge in [0.2, 0.25) is 5.91 Å². The molecule has 0 spiro atoms. The van der Waals surface area contributed by atoms with Crippen LogP contribution in [-0.4, -0.2) is 25.8 Å². The molecule has 7 heteroatoms. The Balaban J connectivity index is 0.00000104. The van der Waals surface area contributed by atoms with Crippen molar-refractivity contribution in [1.29, 1.82) is 0 Å². The number of rotatable bonds is 5. The summed E-state index contributed by atoms with van der Waals surface area (Å²) in [5.74, 6) is 0.808. The number of fused-ring (bicyclic) bond motifs is 1. The number of aromatic amines is 1. The summed E-state index contributed by atoms with van der Waals surface area (Å²) < 4.78 is 0. The Morgan fingerprint density at radius 2 is 2.36 bits per heavy atom. The molecule has 0 bridgehead atoms. The Hall–Kier alpha value is -2.28. The first-order chi connectivity index (χ1) is 10.8. The highest BCUT2D eigenvalue weighted by molar-refractivity contribution is 7.14. The SMILES string of the molecule is O=C(CCC1CC1)Nc1nc(-c2ncnc3[nH]ccc23)cs1.[HH].[HH]. The van der Waals surface area contributed by atoms with Gasteiger partial charge in [0.15, 0.2) is 5.13 Å². The number of hydrogen-bond acceptors (Lipinski definition) is 5. The summed E-state index contributed by atoms with van der Waals surface area (Å²) in [4.78, 5) is 27.9. The zero-order valence-corrected chi connectivity index (χ0v) is 12.7. The van der Waals surface area contributed by atoms with E-state index in [1.54, 1.807) is 0 Å². The van der Waals surface area contributed by atoms with Crippen LogP contribution < -0.4 is 5.32 Å². The summed E-state index contributed by atoms with van der Waals surface area (Å²) in [6.45, 7) is 0. The first-order valence-electron chi connectivity index (χ1n) is 7.33. The van der Waals surface area contributed by atoms with Crippen molar-refractivity contribution < 1.29 is 7.65 Å². The van der Waals surface area contributed by atoms with Gasteiger partial charge in [0, 0.05) is 26.2 Å². The molecule has 22 heavy (non-hydrogen) atoms. The first-order valence-corrected chi connectivity index (χ1v) is 8.21. The maximum atomic E-state index is 11.9. The smallest absolute Gasteiger partial charge is 0.226 e. The molecule has 0 unspecified atom stereocenters. The topological polar surface area (TPSA) is 83.6 Å². The molecule has 2 N–H and O–H groups in total. The van der Waals surface area contributed by atoms with Gasteiger partial charge in [0.05, 0.1) is 0 Å². The van der Waals surface area contributed by atoms with E-state index in [1.807, 2.05) is 17.6 Å². The molecule has 6 nitrogen and oxygen atoms in total. The summed E-state index contributed by atoms with van der Waals surface area (Å²) in [5, 5.41) is 6.34. The number of carbonyl (C=O) groups excluding carboxylic acids is 1.